The van der Waals surface area contributed by atoms with E-state index >= 15 is 0 Å². The van der Waals surface area contributed by atoms with Crippen molar-refractivity contribution in [2.24, 2.45) is 23.5 Å². The van der Waals surface area contributed by atoms with Crippen LogP contribution in [0.3, 0.4) is 0 Å². The van der Waals surface area contributed by atoms with Gasteiger partial charge in [0.15, 0.2) is 0 Å². The van der Waals surface area contributed by atoms with Crippen molar-refractivity contribution in [3.8, 4) is 0 Å². The highest BCUT2D eigenvalue weighted by Gasteiger charge is 2.40. The largest absolute Gasteiger partial charge is 0.354 e. The number of fused-ring (bicyclic) bond motifs is 2. The van der Waals surface area contributed by atoms with Gasteiger partial charge in [0.05, 0.1) is 0 Å². The molecule has 3 N–H and O–H groups in total. The highest BCUT2D eigenvalue weighted by Crippen LogP contribution is 2.42. The van der Waals surface area contributed by atoms with Gasteiger partial charge in [-0.15, -0.1) is 12.4 Å². The first-order chi connectivity index (χ1) is 10.0. The number of carbonyl (C=O) groups excluding carboxylic acids is 1. The Hall–Kier alpha value is 0.0700. The fourth-order valence-electron chi connectivity index (χ4n) is 4.26. The molecule has 2 saturated carbocycles. The predicted molar refractivity (Wildman–Crippen MR) is 98.6 cm³/mol. The molecule has 0 aromatic rings. The number of halogens is 1. The average molecular weight is 349 g/mol. The summed E-state index contributed by atoms with van der Waals surface area (Å²) in [6.07, 6.45) is 10.1. The van der Waals surface area contributed by atoms with Crippen LogP contribution in [-0.2, 0) is 4.79 Å². The molecule has 0 aromatic heterocycles. The van der Waals surface area contributed by atoms with E-state index < -0.39 is 0 Å². The van der Waals surface area contributed by atoms with Crippen LogP contribution in [0.5, 0.6) is 0 Å². The Kier molecular flexibility index (Phi) is 8.04. The minimum absolute atomic E-state index is 0. The van der Waals surface area contributed by atoms with Crippen LogP contribution in [0, 0.1) is 17.8 Å². The van der Waals surface area contributed by atoms with Gasteiger partial charge in [0.2, 0.25) is 5.91 Å². The zero-order valence-corrected chi connectivity index (χ0v) is 15.9. The number of hydrogen-bond acceptors (Lipinski definition) is 3. The zero-order chi connectivity index (χ0) is 15.5. The molecule has 2 aliphatic rings. The van der Waals surface area contributed by atoms with Gasteiger partial charge in [0.25, 0.3) is 0 Å². The SMILES string of the molecule is CCC(CC)(CNC(=O)C1CC2CCCC(C1)C2N)SC.Cl. The quantitative estimate of drug-likeness (QED) is 0.771. The molecule has 0 aliphatic heterocycles. The second-order valence-corrected chi connectivity index (χ2v) is 8.28. The summed E-state index contributed by atoms with van der Waals surface area (Å²) in [7, 11) is 0. The maximum atomic E-state index is 12.6. The normalized spacial score (nSPS) is 31.3. The van der Waals surface area contributed by atoms with Crippen LogP contribution in [0.4, 0.5) is 0 Å². The predicted octanol–water partition coefficient (Wildman–Crippen LogP) is 3.60. The number of thioether (sulfide) groups is 1. The Bertz CT molecular complexity index is 340. The van der Waals surface area contributed by atoms with E-state index in [2.05, 4.69) is 25.4 Å². The lowest BCUT2D eigenvalue weighted by atomic mass is 9.65. The molecule has 0 saturated heterocycles. The summed E-state index contributed by atoms with van der Waals surface area (Å²) >= 11 is 1.89. The molecule has 0 spiro atoms. The third-order valence-electron chi connectivity index (χ3n) is 6.09. The minimum atomic E-state index is 0. The van der Waals surface area contributed by atoms with Crippen molar-refractivity contribution < 1.29 is 4.79 Å². The molecule has 1 amide bonds. The van der Waals surface area contributed by atoms with Crippen molar-refractivity contribution in [2.45, 2.75) is 69.6 Å². The van der Waals surface area contributed by atoms with Crippen LogP contribution in [0.15, 0.2) is 0 Å². The highest BCUT2D eigenvalue weighted by atomic mass is 35.5. The highest BCUT2D eigenvalue weighted by molar-refractivity contribution is 8.00. The van der Waals surface area contributed by atoms with Gasteiger partial charge in [-0.1, -0.05) is 20.3 Å². The zero-order valence-electron chi connectivity index (χ0n) is 14.3. The number of hydrogen-bond donors (Lipinski definition) is 2. The van der Waals surface area contributed by atoms with Gasteiger partial charge in [-0.25, -0.2) is 0 Å². The van der Waals surface area contributed by atoms with Gasteiger partial charge in [-0.05, 0) is 56.6 Å². The van der Waals surface area contributed by atoms with Crippen molar-refractivity contribution in [3.05, 3.63) is 0 Å². The van der Waals surface area contributed by atoms with E-state index in [4.69, 9.17) is 5.73 Å². The van der Waals surface area contributed by atoms with Crippen LogP contribution in [0.2, 0.25) is 0 Å². The summed E-state index contributed by atoms with van der Waals surface area (Å²) in [5, 5.41) is 3.25. The minimum Gasteiger partial charge on any atom is -0.354 e. The molecular formula is C17H33ClN2OS. The monoisotopic (exact) mass is 348 g/mol. The van der Waals surface area contributed by atoms with E-state index in [-0.39, 0.29) is 29.0 Å². The second-order valence-electron chi connectivity index (χ2n) is 7.01. The Labute approximate surface area is 146 Å². The van der Waals surface area contributed by atoms with Crippen molar-refractivity contribution in [3.63, 3.8) is 0 Å². The average Bonchev–Trinajstić information content (AvgIpc) is 2.48. The van der Waals surface area contributed by atoms with Gasteiger partial charge >= 0.3 is 0 Å². The Balaban J connectivity index is 0.00000242. The fraction of sp³-hybridized carbons (Fsp3) is 0.941. The molecule has 130 valence electrons. The molecule has 2 fully saturated rings. The van der Waals surface area contributed by atoms with Crippen LogP contribution >= 0.6 is 24.2 Å². The van der Waals surface area contributed by atoms with E-state index in [9.17, 15) is 4.79 Å². The number of rotatable bonds is 6. The van der Waals surface area contributed by atoms with Crippen LogP contribution in [0.25, 0.3) is 0 Å². The fourth-order valence-corrected chi connectivity index (χ4v) is 5.05. The first-order valence-electron chi connectivity index (χ1n) is 8.63. The summed E-state index contributed by atoms with van der Waals surface area (Å²) in [5.74, 6) is 1.64. The van der Waals surface area contributed by atoms with Crippen LogP contribution < -0.4 is 11.1 Å². The molecular weight excluding hydrogens is 316 g/mol. The standard InChI is InChI=1S/C17H32N2OS.ClH/c1-4-17(5-2,21-3)11-19-16(20)14-9-12-7-6-8-13(10-14)15(12)18;/h12-15H,4-11,18H2,1-3H3,(H,19,20);1H. The lowest BCUT2D eigenvalue weighted by Crippen LogP contribution is -2.50. The molecule has 0 heterocycles. The molecule has 2 aliphatic carbocycles. The van der Waals surface area contributed by atoms with Gasteiger partial charge in [-0.2, -0.15) is 11.8 Å². The summed E-state index contributed by atoms with van der Waals surface area (Å²) in [4.78, 5) is 12.6. The number of nitrogens with two attached hydrogens (primary N) is 1. The molecule has 3 nitrogen and oxygen atoms in total. The van der Waals surface area contributed by atoms with Crippen LogP contribution in [0.1, 0.15) is 58.8 Å². The van der Waals surface area contributed by atoms with Crippen molar-refractivity contribution in [1.29, 1.82) is 0 Å². The molecule has 2 bridgehead atoms. The maximum Gasteiger partial charge on any atom is 0.223 e. The molecule has 2 rings (SSSR count). The molecule has 0 aromatic carbocycles. The number of nitrogens with one attached hydrogen (secondary N) is 1. The third kappa shape index (κ3) is 4.33. The van der Waals surface area contributed by atoms with Gasteiger partial charge in [0.1, 0.15) is 0 Å². The third-order valence-corrected chi connectivity index (χ3v) is 7.68. The lowest BCUT2D eigenvalue weighted by Gasteiger charge is -2.43. The van der Waals surface area contributed by atoms with Gasteiger partial charge < -0.3 is 11.1 Å². The maximum absolute atomic E-state index is 12.6. The van der Waals surface area contributed by atoms with Gasteiger partial charge in [-0.3, -0.25) is 4.79 Å². The molecule has 5 heteroatoms. The summed E-state index contributed by atoms with van der Waals surface area (Å²) in [6, 6.07) is 0.347. The number of amides is 1. The van der Waals surface area contributed by atoms with Crippen LogP contribution in [-0.4, -0.2) is 29.5 Å². The van der Waals surface area contributed by atoms with E-state index in [0.29, 0.717) is 17.9 Å². The van der Waals surface area contributed by atoms with Crippen molar-refractivity contribution in [1.82, 2.24) is 5.32 Å². The molecule has 22 heavy (non-hydrogen) atoms. The molecule has 0 radical (unpaired) electrons. The van der Waals surface area contributed by atoms with E-state index in [0.717, 1.165) is 32.2 Å². The summed E-state index contributed by atoms with van der Waals surface area (Å²) < 4.78 is 0.205. The van der Waals surface area contributed by atoms with Crippen molar-refractivity contribution in [2.75, 3.05) is 12.8 Å². The first kappa shape index (κ1) is 20.1. The van der Waals surface area contributed by atoms with E-state index in [1.807, 2.05) is 11.8 Å². The Morgan fingerprint density at radius 1 is 1.23 bits per heavy atom. The second kappa shape index (κ2) is 8.79. The summed E-state index contributed by atoms with van der Waals surface area (Å²) in [5.41, 5.74) is 6.32. The Morgan fingerprint density at radius 3 is 2.23 bits per heavy atom. The molecule has 2 unspecified atom stereocenters. The van der Waals surface area contributed by atoms with E-state index in [1.54, 1.807) is 0 Å². The van der Waals surface area contributed by atoms with Gasteiger partial charge in [0, 0.05) is 23.3 Å². The topological polar surface area (TPSA) is 55.1 Å². The van der Waals surface area contributed by atoms with E-state index in [1.165, 1.54) is 19.3 Å². The first-order valence-corrected chi connectivity index (χ1v) is 9.86. The Morgan fingerprint density at radius 2 is 1.77 bits per heavy atom. The lowest BCUT2D eigenvalue weighted by molar-refractivity contribution is -0.128. The smallest absolute Gasteiger partial charge is 0.223 e. The summed E-state index contributed by atoms with van der Waals surface area (Å²) in [6.45, 7) is 5.24. The number of carbonyl (C=O) groups is 1. The molecule has 2 atom stereocenters. The van der Waals surface area contributed by atoms with Crippen molar-refractivity contribution >= 4 is 30.1 Å².